The summed E-state index contributed by atoms with van der Waals surface area (Å²) >= 11 is 0. The van der Waals surface area contributed by atoms with Crippen LogP contribution in [0.5, 0.6) is 11.5 Å². The van der Waals surface area contributed by atoms with Gasteiger partial charge in [0.15, 0.2) is 0 Å². The Labute approximate surface area is 98.2 Å². The van der Waals surface area contributed by atoms with Crippen molar-refractivity contribution >= 4 is 11.9 Å². The fraction of sp³-hybridized carbons (Fsp3) is 0.273. The summed E-state index contributed by atoms with van der Waals surface area (Å²) in [5, 5.41) is 10.7. The van der Waals surface area contributed by atoms with Gasteiger partial charge in [-0.2, -0.15) is 0 Å². The molecular weight excluding hydrogens is 226 g/mol. The number of carbonyl (C=O) groups excluding carboxylic acids is 1. The van der Waals surface area contributed by atoms with Crippen LogP contribution >= 0.6 is 0 Å². The van der Waals surface area contributed by atoms with Crippen LogP contribution in [-0.2, 0) is 4.79 Å². The third kappa shape index (κ3) is 3.37. The number of amides is 1. The molecule has 0 radical (unpaired) electrons. The summed E-state index contributed by atoms with van der Waals surface area (Å²) in [7, 11) is 2.92. The zero-order valence-corrected chi connectivity index (χ0v) is 9.52. The Morgan fingerprint density at radius 3 is 2.53 bits per heavy atom. The molecular formula is C11H13NO5. The molecule has 0 saturated heterocycles. The molecule has 0 atom stereocenters. The number of carbonyl (C=O) groups is 2. The molecule has 0 aliphatic rings. The van der Waals surface area contributed by atoms with Gasteiger partial charge in [0.05, 0.1) is 19.8 Å². The van der Waals surface area contributed by atoms with E-state index in [1.54, 1.807) is 12.1 Å². The average molecular weight is 239 g/mol. The van der Waals surface area contributed by atoms with Crippen LogP contribution in [-0.4, -0.2) is 37.7 Å². The van der Waals surface area contributed by atoms with Gasteiger partial charge in [0, 0.05) is 6.07 Å². The first kappa shape index (κ1) is 12.8. The second kappa shape index (κ2) is 5.74. The van der Waals surface area contributed by atoms with Gasteiger partial charge >= 0.3 is 5.97 Å². The van der Waals surface area contributed by atoms with Gasteiger partial charge in [-0.1, -0.05) is 0 Å². The summed E-state index contributed by atoms with van der Waals surface area (Å²) in [6.45, 7) is -0.436. The molecule has 0 heterocycles. The van der Waals surface area contributed by atoms with Crippen molar-refractivity contribution in [2.75, 3.05) is 20.8 Å². The van der Waals surface area contributed by atoms with Gasteiger partial charge in [-0.3, -0.25) is 9.59 Å². The highest BCUT2D eigenvalue weighted by molar-refractivity contribution is 5.98. The van der Waals surface area contributed by atoms with Gasteiger partial charge in [0.25, 0.3) is 5.91 Å². The van der Waals surface area contributed by atoms with E-state index in [0.717, 1.165) is 0 Å². The fourth-order valence-corrected chi connectivity index (χ4v) is 1.24. The summed E-state index contributed by atoms with van der Waals surface area (Å²) in [4.78, 5) is 22.0. The third-order valence-corrected chi connectivity index (χ3v) is 2.05. The smallest absolute Gasteiger partial charge is 0.322 e. The summed E-state index contributed by atoms with van der Waals surface area (Å²) in [6, 6.07) is 4.66. The Kier molecular flexibility index (Phi) is 4.33. The van der Waals surface area contributed by atoms with Crippen molar-refractivity contribution in [1.82, 2.24) is 5.32 Å². The maximum absolute atomic E-state index is 11.6. The Bertz CT molecular complexity index is 430. The molecule has 0 fully saturated rings. The Hall–Kier alpha value is -2.24. The molecule has 1 amide bonds. The first-order valence-corrected chi connectivity index (χ1v) is 4.80. The minimum absolute atomic E-state index is 0.259. The van der Waals surface area contributed by atoms with Crippen molar-refractivity contribution in [3.05, 3.63) is 23.8 Å². The molecule has 0 aromatic heterocycles. The van der Waals surface area contributed by atoms with Crippen molar-refractivity contribution in [3.63, 3.8) is 0 Å². The second-order valence-electron chi connectivity index (χ2n) is 3.14. The lowest BCUT2D eigenvalue weighted by Crippen LogP contribution is -2.29. The van der Waals surface area contributed by atoms with Crippen LogP contribution in [0.2, 0.25) is 0 Å². The lowest BCUT2D eigenvalue weighted by atomic mass is 10.1. The summed E-state index contributed by atoms with van der Waals surface area (Å²) in [6.07, 6.45) is 0. The van der Waals surface area contributed by atoms with Gasteiger partial charge in [0.2, 0.25) is 0 Å². The molecule has 2 N–H and O–H groups in total. The summed E-state index contributed by atoms with van der Waals surface area (Å²) in [5.41, 5.74) is 0.259. The molecule has 1 aromatic rings. The Morgan fingerprint density at radius 1 is 1.29 bits per heavy atom. The van der Waals surface area contributed by atoms with E-state index in [-0.39, 0.29) is 5.56 Å². The molecule has 0 aliphatic heterocycles. The fourth-order valence-electron chi connectivity index (χ4n) is 1.24. The van der Waals surface area contributed by atoms with Crippen LogP contribution in [0.4, 0.5) is 0 Å². The quantitative estimate of drug-likeness (QED) is 0.782. The molecule has 92 valence electrons. The van der Waals surface area contributed by atoms with Gasteiger partial charge < -0.3 is 19.9 Å². The molecule has 6 nitrogen and oxygen atoms in total. The maximum Gasteiger partial charge on any atom is 0.322 e. The van der Waals surface area contributed by atoms with Crippen molar-refractivity contribution < 1.29 is 24.2 Å². The summed E-state index contributed by atoms with van der Waals surface area (Å²) in [5.74, 6) is -0.735. The van der Waals surface area contributed by atoms with Crippen LogP contribution in [0.1, 0.15) is 10.4 Å². The number of methoxy groups -OCH3 is 2. The van der Waals surface area contributed by atoms with E-state index in [2.05, 4.69) is 5.32 Å². The lowest BCUT2D eigenvalue weighted by Gasteiger charge is -2.09. The number of ether oxygens (including phenoxy) is 2. The van der Waals surface area contributed by atoms with Crippen molar-refractivity contribution in [3.8, 4) is 11.5 Å². The number of carboxylic acids is 1. The largest absolute Gasteiger partial charge is 0.497 e. The van der Waals surface area contributed by atoms with Crippen LogP contribution in [0, 0.1) is 0 Å². The SMILES string of the molecule is COc1ccc(C(=O)NCC(=O)O)c(OC)c1. The lowest BCUT2D eigenvalue weighted by molar-refractivity contribution is -0.135. The highest BCUT2D eigenvalue weighted by Gasteiger charge is 2.13. The minimum Gasteiger partial charge on any atom is -0.497 e. The van der Waals surface area contributed by atoms with E-state index in [1.807, 2.05) is 0 Å². The predicted molar refractivity (Wildman–Crippen MR) is 59.5 cm³/mol. The number of nitrogens with one attached hydrogen (secondary N) is 1. The van der Waals surface area contributed by atoms with Crippen LogP contribution in [0.15, 0.2) is 18.2 Å². The molecule has 0 bridgehead atoms. The van der Waals surface area contributed by atoms with E-state index < -0.39 is 18.4 Å². The topological polar surface area (TPSA) is 84.9 Å². The predicted octanol–water partition coefficient (Wildman–Crippen LogP) is 0.518. The number of carboxylic acid groups (broad SMARTS) is 1. The standard InChI is InChI=1S/C11H13NO5/c1-16-7-3-4-8(9(5-7)17-2)11(15)12-6-10(13)14/h3-5H,6H2,1-2H3,(H,12,15)(H,13,14). The van der Waals surface area contributed by atoms with E-state index >= 15 is 0 Å². The molecule has 0 aliphatic carbocycles. The van der Waals surface area contributed by atoms with E-state index in [0.29, 0.717) is 11.5 Å². The third-order valence-electron chi connectivity index (χ3n) is 2.05. The minimum atomic E-state index is -1.11. The average Bonchev–Trinajstić information content (AvgIpc) is 2.34. The van der Waals surface area contributed by atoms with Crippen molar-refractivity contribution in [1.29, 1.82) is 0 Å². The number of hydrogen-bond acceptors (Lipinski definition) is 4. The van der Waals surface area contributed by atoms with E-state index in [4.69, 9.17) is 14.6 Å². The van der Waals surface area contributed by atoms with Crippen molar-refractivity contribution in [2.45, 2.75) is 0 Å². The molecule has 1 aromatic carbocycles. The Morgan fingerprint density at radius 2 is 2.00 bits per heavy atom. The zero-order valence-electron chi connectivity index (χ0n) is 9.52. The first-order chi connectivity index (χ1) is 8.08. The van der Waals surface area contributed by atoms with Crippen LogP contribution in [0.25, 0.3) is 0 Å². The molecule has 1 rings (SSSR count). The van der Waals surface area contributed by atoms with Gasteiger partial charge in [-0.25, -0.2) is 0 Å². The van der Waals surface area contributed by atoms with Gasteiger partial charge in [-0.15, -0.1) is 0 Å². The molecule has 17 heavy (non-hydrogen) atoms. The number of aliphatic carboxylic acids is 1. The van der Waals surface area contributed by atoms with Gasteiger partial charge in [-0.05, 0) is 12.1 Å². The second-order valence-corrected chi connectivity index (χ2v) is 3.14. The number of rotatable bonds is 5. The molecule has 6 heteroatoms. The molecule has 0 unspecified atom stereocenters. The highest BCUT2D eigenvalue weighted by Crippen LogP contribution is 2.24. The number of hydrogen-bond donors (Lipinski definition) is 2. The molecule has 0 saturated carbocycles. The van der Waals surface area contributed by atoms with Crippen molar-refractivity contribution in [2.24, 2.45) is 0 Å². The first-order valence-electron chi connectivity index (χ1n) is 4.80. The van der Waals surface area contributed by atoms with Gasteiger partial charge in [0.1, 0.15) is 18.0 Å². The Balaban J connectivity index is 2.89. The van der Waals surface area contributed by atoms with E-state index in [1.165, 1.54) is 20.3 Å². The maximum atomic E-state index is 11.6. The normalized spacial score (nSPS) is 9.53. The molecule has 0 spiro atoms. The zero-order chi connectivity index (χ0) is 12.8. The summed E-state index contributed by atoms with van der Waals surface area (Å²) < 4.78 is 10.0. The van der Waals surface area contributed by atoms with E-state index in [9.17, 15) is 9.59 Å². The van der Waals surface area contributed by atoms with Crippen LogP contribution < -0.4 is 14.8 Å². The van der Waals surface area contributed by atoms with Crippen LogP contribution in [0.3, 0.4) is 0 Å². The highest BCUT2D eigenvalue weighted by atomic mass is 16.5. The number of benzene rings is 1. The monoisotopic (exact) mass is 239 g/mol.